The Labute approximate surface area is 121 Å². The van der Waals surface area contributed by atoms with Gasteiger partial charge in [0.15, 0.2) is 0 Å². The lowest BCUT2D eigenvalue weighted by molar-refractivity contribution is -0.0985. The van der Waals surface area contributed by atoms with E-state index < -0.39 is 0 Å². The number of piperidine rings is 3. The lowest BCUT2D eigenvalue weighted by atomic mass is 9.66. The van der Waals surface area contributed by atoms with Crippen LogP contribution in [-0.4, -0.2) is 35.6 Å². The van der Waals surface area contributed by atoms with Gasteiger partial charge < -0.3 is 9.64 Å². The van der Waals surface area contributed by atoms with E-state index in [0.29, 0.717) is 6.10 Å². The maximum Gasteiger partial charge on any atom is 0.139 e. The van der Waals surface area contributed by atoms with Gasteiger partial charge in [-0.05, 0) is 47.4 Å². The summed E-state index contributed by atoms with van der Waals surface area (Å²) < 4.78 is 7.43. The number of nitrogens with zero attached hydrogens (tertiary/aromatic N) is 2. The van der Waals surface area contributed by atoms with Gasteiger partial charge in [0.05, 0.1) is 6.20 Å². The molecule has 4 heterocycles. The maximum atomic E-state index is 6.28. The predicted molar refractivity (Wildman–Crippen MR) is 77.5 cm³/mol. The zero-order valence-corrected chi connectivity index (χ0v) is 12.4. The van der Waals surface area contributed by atoms with Crippen LogP contribution in [0.5, 0.6) is 5.75 Å². The van der Waals surface area contributed by atoms with Gasteiger partial charge in [-0.25, -0.2) is 0 Å². The summed E-state index contributed by atoms with van der Waals surface area (Å²) in [5.41, 5.74) is 0. The molecule has 3 saturated heterocycles. The number of hydrogen-bond acceptors (Lipinski definition) is 3. The van der Waals surface area contributed by atoms with Gasteiger partial charge in [0.1, 0.15) is 11.9 Å². The van der Waals surface area contributed by atoms with Crippen LogP contribution in [0.1, 0.15) is 12.8 Å². The van der Waals surface area contributed by atoms with Crippen molar-refractivity contribution >= 4 is 22.6 Å². The van der Waals surface area contributed by atoms with Crippen LogP contribution in [0.2, 0.25) is 0 Å². The van der Waals surface area contributed by atoms with Crippen molar-refractivity contribution in [1.82, 2.24) is 9.88 Å². The number of rotatable bonds is 2. The standard InChI is InChI=1S/C14H17IN2O/c15-12-3-13(5-16-4-12)18-14-10-1-9-2-11(14)8-17(6-9)7-10/h3-5,9-11,14H,1-2,6-8H2/t9?,10-,11-,14?/m0/s1. The molecule has 4 fully saturated rings. The Morgan fingerprint density at radius 1 is 1.17 bits per heavy atom. The highest BCUT2D eigenvalue weighted by atomic mass is 127. The van der Waals surface area contributed by atoms with E-state index in [0.717, 1.165) is 27.1 Å². The smallest absolute Gasteiger partial charge is 0.139 e. The molecule has 4 bridgehead atoms. The minimum atomic E-state index is 0.429. The Morgan fingerprint density at radius 2 is 1.94 bits per heavy atom. The first-order valence-electron chi connectivity index (χ1n) is 6.77. The van der Waals surface area contributed by atoms with E-state index >= 15 is 0 Å². The molecule has 1 aromatic heterocycles. The number of aromatic nitrogens is 1. The summed E-state index contributed by atoms with van der Waals surface area (Å²) in [5, 5.41) is 0. The minimum absolute atomic E-state index is 0.429. The molecule has 3 aliphatic heterocycles. The van der Waals surface area contributed by atoms with Crippen molar-refractivity contribution in [3.63, 3.8) is 0 Å². The van der Waals surface area contributed by atoms with Crippen LogP contribution in [0, 0.1) is 21.3 Å². The van der Waals surface area contributed by atoms with Crippen LogP contribution < -0.4 is 4.74 Å². The molecule has 4 aliphatic rings. The van der Waals surface area contributed by atoms with Crippen molar-refractivity contribution in [2.24, 2.45) is 17.8 Å². The SMILES string of the molecule is Ic1cncc(OC2[C@H]3CC4C[C@H]2CN(C4)C3)c1. The fourth-order valence-electron chi connectivity index (χ4n) is 4.17. The largest absolute Gasteiger partial charge is 0.488 e. The molecule has 0 N–H and O–H groups in total. The van der Waals surface area contributed by atoms with E-state index in [2.05, 4.69) is 38.5 Å². The van der Waals surface area contributed by atoms with Gasteiger partial charge in [-0.1, -0.05) is 0 Å². The molecule has 1 saturated carbocycles. The van der Waals surface area contributed by atoms with Crippen molar-refractivity contribution in [2.45, 2.75) is 18.9 Å². The van der Waals surface area contributed by atoms with E-state index in [4.69, 9.17) is 4.74 Å². The molecule has 1 aliphatic carbocycles. The van der Waals surface area contributed by atoms with Gasteiger partial charge in [-0.2, -0.15) is 0 Å². The Morgan fingerprint density at radius 3 is 2.61 bits per heavy atom. The van der Waals surface area contributed by atoms with Crippen molar-refractivity contribution in [1.29, 1.82) is 0 Å². The highest BCUT2D eigenvalue weighted by Gasteiger charge is 2.48. The maximum absolute atomic E-state index is 6.28. The second kappa shape index (κ2) is 4.34. The highest BCUT2D eigenvalue weighted by molar-refractivity contribution is 14.1. The number of halogens is 1. The van der Waals surface area contributed by atoms with Crippen LogP contribution in [0.4, 0.5) is 0 Å². The van der Waals surface area contributed by atoms with Gasteiger partial charge >= 0.3 is 0 Å². The fraction of sp³-hybridized carbons (Fsp3) is 0.643. The van der Waals surface area contributed by atoms with E-state index in [9.17, 15) is 0 Å². The zero-order valence-electron chi connectivity index (χ0n) is 10.3. The topological polar surface area (TPSA) is 25.4 Å². The number of pyridine rings is 1. The Kier molecular flexibility index (Phi) is 2.76. The first-order valence-corrected chi connectivity index (χ1v) is 7.85. The third-order valence-electron chi connectivity index (χ3n) is 4.66. The summed E-state index contributed by atoms with van der Waals surface area (Å²) in [6.45, 7) is 3.83. The van der Waals surface area contributed by atoms with Crippen LogP contribution in [-0.2, 0) is 0 Å². The molecule has 4 heteroatoms. The van der Waals surface area contributed by atoms with Gasteiger partial charge in [0.2, 0.25) is 0 Å². The fourth-order valence-corrected chi connectivity index (χ4v) is 4.64. The van der Waals surface area contributed by atoms with Crippen molar-refractivity contribution in [3.8, 4) is 5.75 Å². The minimum Gasteiger partial charge on any atom is -0.488 e. The molecule has 5 rings (SSSR count). The highest BCUT2D eigenvalue weighted by Crippen LogP contribution is 2.44. The van der Waals surface area contributed by atoms with Gasteiger partial charge in [-0.15, -0.1) is 0 Å². The van der Waals surface area contributed by atoms with Crippen molar-refractivity contribution in [3.05, 3.63) is 22.0 Å². The summed E-state index contributed by atoms with van der Waals surface area (Å²) >= 11 is 2.29. The first-order chi connectivity index (χ1) is 8.78. The molecular formula is C14H17IN2O. The number of ether oxygens (including phenoxy) is 1. The predicted octanol–water partition coefficient (Wildman–Crippen LogP) is 2.41. The first kappa shape index (κ1) is 11.5. The summed E-state index contributed by atoms with van der Waals surface area (Å²) in [5.74, 6) is 3.38. The van der Waals surface area contributed by atoms with Crippen LogP contribution in [0.15, 0.2) is 18.5 Å². The van der Waals surface area contributed by atoms with Crippen LogP contribution >= 0.6 is 22.6 Å². The van der Waals surface area contributed by atoms with Gasteiger partial charge in [0.25, 0.3) is 0 Å². The molecule has 0 aromatic carbocycles. The third-order valence-corrected chi connectivity index (χ3v) is 5.25. The summed E-state index contributed by atoms with van der Waals surface area (Å²) in [4.78, 5) is 6.86. The summed E-state index contributed by atoms with van der Waals surface area (Å²) in [6, 6.07) is 2.10. The van der Waals surface area contributed by atoms with Gasteiger partial charge in [0, 0.05) is 41.2 Å². The molecular weight excluding hydrogens is 339 g/mol. The Bertz CT molecular complexity index is 437. The lowest BCUT2D eigenvalue weighted by Gasteiger charge is -2.55. The monoisotopic (exact) mass is 356 g/mol. The molecule has 0 unspecified atom stereocenters. The molecule has 2 atom stereocenters. The lowest BCUT2D eigenvalue weighted by Crippen LogP contribution is -2.61. The second-order valence-corrected chi connectivity index (χ2v) is 7.24. The Balaban J connectivity index is 1.55. The zero-order chi connectivity index (χ0) is 12.1. The summed E-state index contributed by atoms with van der Waals surface area (Å²) in [7, 11) is 0. The van der Waals surface area contributed by atoms with Gasteiger partial charge in [-0.3, -0.25) is 4.98 Å². The van der Waals surface area contributed by atoms with E-state index in [1.807, 2.05) is 12.4 Å². The van der Waals surface area contributed by atoms with Crippen molar-refractivity contribution < 1.29 is 4.74 Å². The number of hydrogen-bond donors (Lipinski definition) is 0. The molecule has 0 amide bonds. The Hall–Kier alpha value is -0.360. The van der Waals surface area contributed by atoms with Crippen LogP contribution in [0.25, 0.3) is 0 Å². The quantitative estimate of drug-likeness (QED) is 0.761. The van der Waals surface area contributed by atoms with E-state index in [1.54, 1.807) is 0 Å². The van der Waals surface area contributed by atoms with Crippen LogP contribution in [0.3, 0.4) is 0 Å². The molecule has 96 valence electrons. The molecule has 3 nitrogen and oxygen atoms in total. The molecule has 0 spiro atoms. The molecule has 18 heavy (non-hydrogen) atoms. The average Bonchev–Trinajstić information content (AvgIpc) is 2.33. The molecule has 0 radical (unpaired) electrons. The average molecular weight is 356 g/mol. The van der Waals surface area contributed by atoms with Crippen molar-refractivity contribution in [2.75, 3.05) is 19.6 Å². The summed E-state index contributed by atoms with van der Waals surface area (Å²) in [6.07, 6.45) is 6.89. The third kappa shape index (κ3) is 1.93. The van der Waals surface area contributed by atoms with E-state index in [1.165, 1.54) is 32.5 Å². The van der Waals surface area contributed by atoms with E-state index in [-0.39, 0.29) is 0 Å². The normalized spacial score (nSPS) is 41.1. The molecule has 1 aromatic rings. The second-order valence-electron chi connectivity index (χ2n) is 6.00.